The Hall–Kier alpha value is -5.07. The number of benzene rings is 2. The highest BCUT2D eigenvalue weighted by molar-refractivity contribution is 5.94. The number of ether oxygens (including phenoxy) is 1. The van der Waals surface area contributed by atoms with Crippen molar-refractivity contribution in [2.45, 2.75) is 19.4 Å². The van der Waals surface area contributed by atoms with Crippen LogP contribution >= 0.6 is 0 Å². The van der Waals surface area contributed by atoms with Crippen LogP contribution in [0.5, 0.6) is 0 Å². The van der Waals surface area contributed by atoms with Crippen molar-refractivity contribution in [3.05, 3.63) is 76.6 Å². The number of carbonyl (C=O) groups is 2. The molecule has 1 aliphatic heterocycles. The summed E-state index contributed by atoms with van der Waals surface area (Å²) in [5.74, 6) is -0.845. The summed E-state index contributed by atoms with van der Waals surface area (Å²) >= 11 is 0. The van der Waals surface area contributed by atoms with Crippen molar-refractivity contribution in [1.82, 2.24) is 30.7 Å². The average molecular weight is 502 g/mol. The standard InChI is InChI=1S/C24H23N9O4/c1-36-24(35)17-10-8-15(9-11-17)13-26-28-23(34)20-19(33(31-27-20)22-21(25)29-37-30-22)14-32-12-4-6-16-5-2-3-7-18(16)32/h2-3,5,7-11,13H,4,6,12,14H2,1H3,(H2,25,29)(H,28,34)/b26-13+. The molecule has 188 valence electrons. The lowest BCUT2D eigenvalue weighted by Gasteiger charge is -2.31. The van der Waals surface area contributed by atoms with Gasteiger partial charge in [-0.1, -0.05) is 35.5 Å². The Balaban J connectivity index is 1.40. The molecule has 5 rings (SSSR count). The summed E-state index contributed by atoms with van der Waals surface area (Å²) in [6.45, 7) is 1.10. The Labute approximate surface area is 210 Å². The van der Waals surface area contributed by atoms with Crippen molar-refractivity contribution >= 4 is 29.6 Å². The number of nitrogens with zero attached hydrogens (tertiary/aromatic N) is 7. The zero-order chi connectivity index (χ0) is 25.8. The fourth-order valence-corrected chi connectivity index (χ4v) is 4.13. The van der Waals surface area contributed by atoms with Gasteiger partial charge in [0, 0.05) is 12.2 Å². The number of esters is 1. The number of nitrogen functional groups attached to an aromatic ring is 1. The molecule has 2 aromatic carbocycles. The van der Waals surface area contributed by atoms with Crippen molar-refractivity contribution in [2.75, 3.05) is 24.3 Å². The van der Waals surface area contributed by atoms with Crippen LogP contribution in [0.4, 0.5) is 11.5 Å². The summed E-state index contributed by atoms with van der Waals surface area (Å²) in [5.41, 5.74) is 12.3. The second-order valence-corrected chi connectivity index (χ2v) is 8.24. The SMILES string of the molecule is COC(=O)c1ccc(/C=N/NC(=O)c2nnn(-c3nonc3N)c2CN2CCCc3ccccc32)cc1. The summed E-state index contributed by atoms with van der Waals surface area (Å²) < 4.78 is 10.8. The minimum absolute atomic E-state index is 0.0191. The van der Waals surface area contributed by atoms with Gasteiger partial charge in [-0.15, -0.1) is 5.10 Å². The van der Waals surface area contributed by atoms with Crippen LogP contribution in [0.1, 0.15) is 44.1 Å². The van der Waals surface area contributed by atoms with Gasteiger partial charge in [-0.05, 0) is 52.5 Å². The third-order valence-corrected chi connectivity index (χ3v) is 5.93. The number of amides is 1. The van der Waals surface area contributed by atoms with Crippen LogP contribution < -0.4 is 16.1 Å². The Morgan fingerprint density at radius 1 is 1.19 bits per heavy atom. The van der Waals surface area contributed by atoms with Crippen molar-refractivity contribution in [3.8, 4) is 5.82 Å². The van der Waals surface area contributed by atoms with Crippen molar-refractivity contribution < 1.29 is 19.0 Å². The third-order valence-electron chi connectivity index (χ3n) is 5.93. The molecule has 0 bridgehead atoms. The smallest absolute Gasteiger partial charge is 0.337 e. The van der Waals surface area contributed by atoms with E-state index in [1.807, 2.05) is 18.2 Å². The second-order valence-electron chi connectivity index (χ2n) is 8.24. The molecule has 4 aromatic rings. The van der Waals surface area contributed by atoms with E-state index >= 15 is 0 Å². The zero-order valence-electron chi connectivity index (χ0n) is 19.9. The predicted octanol–water partition coefficient (Wildman–Crippen LogP) is 1.74. The van der Waals surface area contributed by atoms with E-state index in [0.29, 0.717) is 23.4 Å². The highest BCUT2D eigenvalue weighted by Gasteiger charge is 2.27. The number of carbonyl (C=O) groups excluding carboxylic acids is 2. The van der Waals surface area contributed by atoms with Crippen LogP contribution in [-0.2, 0) is 17.7 Å². The lowest BCUT2D eigenvalue weighted by molar-refractivity contribution is 0.0600. The molecule has 0 saturated carbocycles. The molecule has 0 saturated heterocycles. The first-order chi connectivity index (χ1) is 18.0. The maximum absolute atomic E-state index is 13.1. The van der Waals surface area contributed by atoms with Crippen LogP contribution in [0.25, 0.3) is 5.82 Å². The maximum Gasteiger partial charge on any atom is 0.337 e. The van der Waals surface area contributed by atoms with E-state index in [1.165, 1.54) is 23.6 Å². The third kappa shape index (κ3) is 4.87. The molecule has 0 spiro atoms. The highest BCUT2D eigenvalue weighted by Crippen LogP contribution is 2.29. The lowest BCUT2D eigenvalue weighted by atomic mass is 10.0. The lowest BCUT2D eigenvalue weighted by Crippen LogP contribution is -2.31. The normalized spacial score (nSPS) is 12.9. The molecule has 0 aliphatic carbocycles. The number of methoxy groups -OCH3 is 1. The number of nitrogens with two attached hydrogens (primary N) is 1. The Kier molecular flexibility index (Phi) is 6.57. The van der Waals surface area contributed by atoms with Gasteiger partial charge in [0.05, 0.1) is 31.1 Å². The van der Waals surface area contributed by atoms with Crippen LogP contribution in [-0.4, -0.2) is 57.1 Å². The molecular formula is C24H23N9O4. The highest BCUT2D eigenvalue weighted by atomic mass is 16.6. The van der Waals surface area contributed by atoms with Gasteiger partial charge in [0.25, 0.3) is 5.91 Å². The van der Waals surface area contributed by atoms with Crippen molar-refractivity contribution in [1.29, 1.82) is 0 Å². The largest absolute Gasteiger partial charge is 0.465 e. The molecule has 3 heterocycles. The molecule has 0 radical (unpaired) electrons. The molecule has 3 N–H and O–H groups in total. The van der Waals surface area contributed by atoms with Crippen LogP contribution in [0.2, 0.25) is 0 Å². The molecule has 1 aliphatic rings. The summed E-state index contributed by atoms with van der Waals surface area (Å²) in [6, 6.07) is 14.7. The molecule has 13 heteroatoms. The summed E-state index contributed by atoms with van der Waals surface area (Å²) in [5, 5.41) is 19.6. The van der Waals surface area contributed by atoms with E-state index in [4.69, 9.17) is 10.4 Å². The molecule has 37 heavy (non-hydrogen) atoms. The molecule has 13 nitrogen and oxygen atoms in total. The van der Waals surface area contributed by atoms with Gasteiger partial charge in [0.2, 0.25) is 11.6 Å². The van der Waals surface area contributed by atoms with Crippen molar-refractivity contribution in [3.63, 3.8) is 0 Å². The Morgan fingerprint density at radius 3 is 2.76 bits per heavy atom. The number of aryl methyl sites for hydroxylation is 1. The van der Waals surface area contributed by atoms with Crippen molar-refractivity contribution in [2.24, 2.45) is 5.10 Å². The number of hydrazone groups is 1. The summed E-state index contributed by atoms with van der Waals surface area (Å²) in [7, 11) is 1.31. The number of anilines is 2. The Morgan fingerprint density at radius 2 is 2.00 bits per heavy atom. The number of aromatic nitrogens is 5. The van der Waals surface area contributed by atoms with E-state index < -0.39 is 11.9 Å². The summed E-state index contributed by atoms with van der Waals surface area (Å²) in [4.78, 5) is 26.8. The Bertz CT molecular complexity index is 1460. The minimum atomic E-state index is -0.566. The second kappa shape index (κ2) is 10.3. The molecule has 1 amide bonds. The quantitative estimate of drug-likeness (QED) is 0.216. The molecule has 0 fully saturated rings. The molecule has 0 unspecified atom stereocenters. The van der Waals surface area contributed by atoms with Gasteiger partial charge in [0.1, 0.15) is 0 Å². The first kappa shape index (κ1) is 23.7. The number of hydrogen-bond acceptors (Lipinski definition) is 11. The van der Waals surface area contributed by atoms with Gasteiger partial charge < -0.3 is 15.4 Å². The van der Waals surface area contributed by atoms with Gasteiger partial charge in [-0.2, -0.15) is 9.78 Å². The van der Waals surface area contributed by atoms with Gasteiger partial charge >= 0.3 is 5.97 Å². The van der Waals surface area contributed by atoms with Gasteiger partial charge in [0.15, 0.2) is 5.69 Å². The summed E-state index contributed by atoms with van der Waals surface area (Å²) in [6.07, 6.45) is 3.39. The first-order valence-corrected chi connectivity index (χ1v) is 11.4. The topological polar surface area (TPSA) is 167 Å². The zero-order valence-corrected chi connectivity index (χ0v) is 19.9. The van der Waals surface area contributed by atoms with E-state index in [9.17, 15) is 9.59 Å². The van der Waals surface area contributed by atoms with E-state index in [2.05, 4.69) is 46.9 Å². The number of rotatable bonds is 7. The van der Waals surface area contributed by atoms with Gasteiger partial charge in [-0.25, -0.2) is 14.8 Å². The predicted molar refractivity (Wildman–Crippen MR) is 132 cm³/mol. The van der Waals surface area contributed by atoms with Crippen LogP contribution in [0.15, 0.2) is 58.3 Å². The number of hydrogen-bond donors (Lipinski definition) is 2. The number of para-hydroxylation sites is 1. The average Bonchev–Trinajstić information content (AvgIpc) is 3.54. The fourth-order valence-electron chi connectivity index (χ4n) is 4.13. The minimum Gasteiger partial charge on any atom is -0.465 e. The molecule has 0 atom stereocenters. The van der Waals surface area contributed by atoms with Crippen LogP contribution in [0.3, 0.4) is 0 Å². The first-order valence-electron chi connectivity index (χ1n) is 11.4. The van der Waals surface area contributed by atoms with Gasteiger partial charge in [-0.3, -0.25) is 4.79 Å². The molecular weight excluding hydrogens is 478 g/mol. The number of nitrogens with one attached hydrogen (secondary N) is 1. The van der Waals surface area contributed by atoms with E-state index in [1.54, 1.807) is 24.3 Å². The fraction of sp³-hybridized carbons (Fsp3) is 0.208. The molecule has 2 aromatic heterocycles. The van der Waals surface area contributed by atoms with Crippen LogP contribution in [0, 0.1) is 0 Å². The van der Waals surface area contributed by atoms with E-state index in [0.717, 1.165) is 25.1 Å². The van der Waals surface area contributed by atoms with E-state index in [-0.39, 0.29) is 17.3 Å². The monoisotopic (exact) mass is 501 g/mol. The number of fused-ring (bicyclic) bond motifs is 1. The maximum atomic E-state index is 13.1.